The highest BCUT2D eigenvalue weighted by molar-refractivity contribution is 5.85. The first-order chi connectivity index (χ1) is 14.6. The monoisotopic (exact) mass is 401 g/mol. The van der Waals surface area contributed by atoms with Crippen molar-refractivity contribution in [1.82, 2.24) is 19.5 Å². The molecule has 0 bridgehead atoms. The summed E-state index contributed by atoms with van der Waals surface area (Å²) < 4.78 is 7.62. The van der Waals surface area contributed by atoms with E-state index < -0.39 is 0 Å². The molecular formula is C22H23N7O. The maximum Gasteiger partial charge on any atom is 0.265 e. The van der Waals surface area contributed by atoms with E-state index in [1.807, 2.05) is 44.1 Å². The van der Waals surface area contributed by atoms with Crippen LogP contribution in [0.4, 0.5) is 11.8 Å². The van der Waals surface area contributed by atoms with Gasteiger partial charge in [0.25, 0.3) is 5.95 Å². The summed E-state index contributed by atoms with van der Waals surface area (Å²) in [6.07, 6.45) is 1.87. The molecule has 4 heterocycles. The van der Waals surface area contributed by atoms with Crippen LogP contribution in [-0.4, -0.2) is 46.7 Å². The lowest BCUT2D eigenvalue weighted by molar-refractivity contribution is 0.329. The fourth-order valence-electron chi connectivity index (χ4n) is 4.23. The van der Waals surface area contributed by atoms with E-state index in [9.17, 15) is 5.26 Å². The number of piperidine rings is 1. The Morgan fingerprint density at radius 3 is 2.63 bits per heavy atom. The quantitative estimate of drug-likeness (QED) is 0.519. The number of rotatable bonds is 3. The Hall–Kier alpha value is -3.60. The summed E-state index contributed by atoms with van der Waals surface area (Å²) in [6, 6.07) is 12.5. The predicted molar refractivity (Wildman–Crippen MR) is 115 cm³/mol. The maximum absolute atomic E-state index is 9.70. The van der Waals surface area contributed by atoms with Gasteiger partial charge in [-0.15, -0.1) is 0 Å². The highest BCUT2D eigenvalue weighted by atomic mass is 16.5. The van der Waals surface area contributed by atoms with Crippen molar-refractivity contribution >= 4 is 28.4 Å². The van der Waals surface area contributed by atoms with Gasteiger partial charge in [0.1, 0.15) is 11.9 Å². The van der Waals surface area contributed by atoms with Gasteiger partial charge in [0, 0.05) is 33.1 Å². The summed E-state index contributed by atoms with van der Waals surface area (Å²) in [5, 5.41) is 13.8. The molecule has 8 heteroatoms. The molecule has 0 radical (unpaired) electrons. The molecule has 0 amide bonds. The van der Waals surface area contributed by atoms with Crippen LogP contribution in [0.15, 0.2) is 34.9 Å². The first-order valence-corrected chi connectivity index (χ1v) is 10.1. The number of anilines is 2. The summed E-state index contributed by atoms with van der Waals surface area (Å²) >= 11 is 0. The third kappa shape index (κ3) is 2.86. The molecule has 1 aliphatic rings. The van der Waals surface area contributed by atoms with Crippen molar-refractivity contribution in [2.24, 2.45) is 0 Å². The molecule has 1 fully saturated rings. The van der Waals surface area contributed by atoms with Crippen LogP contribution in [0, 0.1) is 18.3 Å². The number of hydrogen-bond donors (Lipinski definition) is 0. The van der Waals surface area contributed by atoms with Crippen molar-refractivity contribution in [1.29, 1.82) is 5.26 Å². The number of nitrogens with zero attached hydrogens (tertiary/aromatic N) is 7. The molecular weight excluding hydrogens is 378 g/mol. The van der Waals surface area contributed by atoms with E-state index in [1.165, 1.54) is 0 Å². The number of nitriles is 1. The zero-order valence-corrected chi connectivity index (χ0v) is 17.3. The second-order valence-corrected chi connectivity index (χ2v) is 8.02. The lowest BCUT2D eigenvalue weighted by atomic mass is 9.96. The summed E-state index contributed by atoms with van der Waals surface area (Å²) in [6.45, 7) is 3.73. The first kappa shape index (κ1) is 18.4. The Labute approximate surface area is 174 Å². The molecule has 0 unspecified atom stereocenters. The molecule has 1 aromatic carbocycles. The third-order valence-corrected chi connectivity index (χ3v) is 5.86. The van der Waals surface area contributed by atoms with E-state index in [4.69, 9.17) is 9.51 Å². The van der Waals surface area contributed by atoms with Gasteiger partial charge in [-0.2, -0.15) is 10.2 Å². The summed E-state index contributed by atoms with van der Waals surface area (Å²) in [4.78, 5) is 13.5. The lowest BCUT2D eigenvalue weighted by Crippen LogP contribution is -2.34. The van der Waals surface area contributed by atoms with Gasteiger partial charge in [0.15, 0.2) is 5.65 Å². The topological polar surface area (TPSA) is 86.5 Å². The normalized spacial score (nSPS) is 15.1. The molecule has 5 rings (SSSR count). The number of aromatic nitrogens is 4. The number of hydrogen-bond acceptors (Lipinski definition) is 7. The fourth-order valence-corrected chi connectivity index (χ4v) is 4.23. The van der Waals surface area contributed by atoms with Crippen LogP contribution in [0.1, 0.15) is 35.8 Å². The molecule has 30 heavy (non-hydrogen) atoms. The average molecular weight is 401 g/mol. The molecule has 3 aromatic heterocycles. The second-order valence-electron chi connectivity index (χ2n) is 8.02. The highest BCUT2D eigenvalue weighted by Crippen LogP contribution is 2.33. The van der Waals surface area contributed by atoms with Crippen LogP contribution in [-0.2, 0) is 0 Å². The third-order valence-electron chi connectivity index (χ3n) is 5.86. The summed E-state index contributed by atoms with van der Waals surface area (Å²) in [5.41, 5.74) is 4.23. The second kappa shape index (κ2) is 7.02. The van der Waals surface area contributed by atoms with Gasteiger partial charge in [0.2, 0.25) is 5.89 Å². The first-order valence-electron chi connectivity index (χ1n) is 10.1. The minimum absolute atomic E-state index is 0.261. The lowest BCUT2D eigenvalue weighted by Gasteiger charge is -2.33. The smallest absolute Gasteiger partial charge is 0.265 e. The number of fused-ring (bicyclic) bond motifs is 3. The Morgan fingerprint density at radius 1 is 1.17 bits per heavy atom. The van der Waals surface area contributed by atoms with E-state index in [0.29, 0.717) is 17.4 Å². The Morgan fingerprint density at radius 2 is 1.93 bits per heavy atom. The van der Waals surface area contributed by atoms with Crippen LogP contribution in [0.25, 0.3) is 16.7 Å². The number of pyridine rings is 1. The molecule has 1 saturated heterocycles. The molecule has 4 aromatic rings. The average Bonchev–Trinajstić information content (AvgIpc) is 3.39. The zero-order valence-electron chi connectivity index (χ0n) is 17.3. The van der Waals surface area contributed by atoms with Crippen molar-refractivity contribution in [3.63, 3.8) is 0 Å². The van der Waals surface area contributed by atoms with Gasteiger partial charge in [-0.25, -0.2) is 4.98 Å². The van der Waals surface area contributed by atoms with Crippen molar-refractivity contribution in [3.05, 3.63) is 47.3 Å². The number of aryl methyl sites for hydroxylation is 1. The number of benzene rings is 1. The van der Waals surface area contributed by atoms with Gasteiger partial charge in [0.05, 0.1) is 16.6 Å². The van der Waals surface area contributed by atoms with Gasteiger partial charge >= 0.3 is 0 Å². The van der Waals surface area contributed by atoms with Crippen LogP contribution in [0.2, 0.25) is 0 Å². The van der Waals surface area contributed by atoms with Gasteiger partial charge in [-0.3, -0.25) is 4.40 Å². The summed E-state index contributed by atoms with van der Waals surface area (Å²) in [7, 11) is 3.82. The van der Waals surface area contributed by atoms with Crippen LogP contribution < -0.4 is 9.80 Å². The standard InChI is InChI=1S/C22H23N7O/c1-14-12-19(29-18-7-5-4-6-17(18)24-20(29)16(14)13-23)28-10-8-15(9-11-28)21-25-22(26-30-21)27(2)3/h4-7,12,15H,8-11H2,1-3H3. The van der Waals surface area contributed by atoms with E-state index in [0.717, 1.165) is 54.0 Å². The van der Waals surface area contributed by atoms with E-state index in [-0.39, 0.29) is 5.92 Å². The largest absolute Gasteiger partial charge is 0.358 e. The van der Waals surface area contributed by atoms with Gasteiger partial charge in [-0.05, 0) is 48.7 Å². The molecule has 0 atom stereocenters. The van der Waals surface area contributed by atoms with Crippen molar-refractivity contribution < 1.29 is 4.52 Å². The summed E-state index contributed by atoms with van der Waals surface area (Å²) in [5.74, 6) is 2.67. The minimum Gasteiger partial charge on any atom is -0.358 e. The Bertz CT molecular complexity index is 1270. The zero-order chi connectivity index (χ0) is 20.8. The molecule has 0 saturated carbocycles. The fraction of sp³-hybridized carbons (Fsp3) is 0.364. The molecule has 0 spiro atoms. The van der Waals surface area contributed by atoms with Crippen LogP contribution >= 0.6 is 0 Å². The van der Waals surface area contributed by atoms with Crippen molar-refractivity contribution in [3.8, 4) is 6.07 Å². The predicted octanol–water partition coefficient (Wildman–Crippen LogP) is 3.50. The maximum atomic E-state index is 9.70. The Kier molecular flexibility index (Phi) is 4.31. The highest BCUT2D eigenvalue weighted by Gasteiger charge is 2.28. The van der Waals surface area contributed by atoms with E-state index >= 15 is 0 Å². The molecule has 0 N–H and O–H groups in total. The van der Waals surface area contributed by atoms with E-state index in [1.54, 1.807) is 0 Å². The number of para-hydroxylation sites is 2. The SMILES string of the molecule is Cc1cc(N2CCC(c3nc(N(C)C)no3)CC2)n2c(nc3ccccc32)c1C#N. The Balaban J connectivity index is 1.50. The molecule has 1 aliphatic heterocycles. The molecule has 152 valence electrons. The van der Waals surface area contributed by atoms with Crippen LogP contribution in [0.3, 0.4) is 0 Å². The van der Waals surface area contributed by atoms with E-state index in [2.05, 4.69) is 37.6 Å². The van der Waals surface area contributed by atoms with Gasteiger partial charge < -0.3 is 14.3 Å². The number of imidazole rings is 1. The molecule has 0 aliphatic carbocycles. The molecule has 8 nitrogen and oxygen atoms in total. The van der Waals surface area contributed by atoms with Gasteiger partial charge in [-0.1, -0.05) is 12.1 Å². The minimum atomic E-state index is 0.261. The van der Waals surface area contributed by atoms with Crippen molar-refractivity contribution in [2.75, 3.05) is 37.0 Å². The van der Waals surface area contributed by atoms with Crippen molar-refractivity contribution in [2.45, 2.75) is 25.7 Å². The van der Waals surface area contributed by atoms with Crippen LogP contribution in [0.5, 0.6) is 0 Å².